The largest absolute Gasteiger partial charge is 0.462 e. The Morgan fingerprint density at radius 2 is 1.59 bits per heavy atom. The van der Waals surface area contributed by atoms with Crippen molar-refractivity contribution in [1.82, 2.24) is 0 Å². The van der Waals surface area contributed by atoms with Gasteiger partial charge in [0.1, 0.15) is 10.6 Å². The van der Waals surface area contributed by atoms with Gasteiger partial charge in [0.25, 0.3) is 0 Å². The van der Waals surface area contributed by atoms with Crippen LogP contribution in [0, 0.1) is 6.92 Å². The van der Waals surface area contributed by atoms with E-state index in [2.05, 4.69) is 9.98 Å². The van der Waals surface area contributed by atoms with Crippen LogP contribution < -0.4 is 0 Å². The summed E-state index contributed by atoms with van der Waals surface area (Å²) in [7, 11) is 0. The molecule has 2 aromatic rings. The van der Waals surface area contributed by atoms with Gasteiger partial charge in [0.05, 0.1) is 24.5 Å². The number of carbonyl (C=O) groups excluding carboxylic acids is 2. The van der Waals surface area contributed by atoms with Gasteiger partial charge in [0.15, 0.2) is 0 Å². The topological polar surface area (TPSA) is 77.3 Å². The molecule has 1 aromatic carbocycles. The summed E-state index contributed by atoms with van der Waals surface area (Å²) >= 11 is 1.26. The quantitative estimate of drug-likeness (QED) is 0.502. The van der Waals surface area contributed by atoms with Crippen molar-refractivity contribution in [3.63, 3.8) is 0 Å². The van der Waals surface area contributed by atoms with Gasteiger partial charge in [0, 0.05) is 17.3 Å². The lowest BCUT2D eigenvalue weighted by Crippen LogP contribution is -2.13. The Morgan fingerprint density at radius 1 is 1.00 bits per heavy atom. The Balaban J connectivity index is 2.41. The smallest absolute Gasteiger partial charge is 0.342 e. The van der Waals surface area contributed by atoms with E-state index < -0.39 is 11.9 Å². The maximum absolute atomic E-state index is 12.4. The molecule has 0 saturated heterocycles. The van der Waals surface area contributed by atoms with Gasteiger partial charge >= 0.3 is 11.9 Å². The Bertz CT molecular complexity index is 867. The van der Waals surface area contributed by atoms with Crippen LogP contribution in [0.2, 0.25) is 0 Å². The highest BCUT2D eigenvalue weighted by molar-refractivity contribution is 7.16. The van der Waals surface area contributed by atoms with Crippen LogP contribution >= 0.6 is 11.3 Å². The SMILES string of the molecule is C/C=N/c1ccc(/C=N/c2sc(C)c(C(=O)OCC)c2C(=O)OCC)cc1. The second-order valence-corrected chi connectivity index (χ2v) is 6.59. The minimum absolute atomic E-state index is 0.154. The zero-order valence-corrected chi connectivity index (χ0v) is 16.6. The molecule has 2 rings (SSSR count). The summed E-state index contributed by atoms with van der Waals surface area (Å²) in [5.41, 5.74) is 2.07. The lowest BCUT2D eigenvalue weighted by atomic mass is 10.1. The van der Waals surface area contributed by atoms with Gasteiger partial charge in [-0.3, -0.25) is 4.99 Å². The maximum Gasteiger partial charge on any atom is 0.342 e. The lowest BCUT2D eigenvalue weighted by molar-refractivity contribution is 0.0480. The summed E-state index contributed by atoms with van der Waals surface area (Å²) in [6.07, 6.45) is 3.36. The molecule has 1 aromatic heterocycles. The van der Waals surface area contributed by atoms with Gasteiger partial charge in [0.2, 0.25) is 0 Å². The first kappa shape index (κ1) is 20.5. The van der Waals surface area contributed by atoms with E-state index in [0.29, 0.717) is 9.88 Å². The van der Waals surface area contributed by atoms with Gasteiger partial charge < -0.3 is 9.47 Å². The zero-order valence-electron chi connectivity index (χ0n) is 15.8. The van der Waals surface area contributed by atoms with Gasteiger partial charge in [-0.15, -0.1) is 11.3 Å². The van der Waals surface area contributed by atoms with E-state index in [1.165, 1.54) is 11.3 Å². The molecule has 142 valence electrons. The van der Waals surface area contributed by atoms with E-state index in [0.717, 1.165) is 11.3 Å². The second-order valence-electron chi connectivity index (χ2n) is 5.39. The molecule has 7 heteroatoms. The molecule has 0 amide bonds. The fraction of sp³-hybridized carbons (Fsp3) is 0.300. The molecule has 0 unspecified atom stereocenters. The third-order valence-electron chi connectivity index (χ3n) is 3.53. The molecular weight excluding hydrogens is 364 g/mol. The number of benzene rings is 1. The molecule has 0 fully saturated rings. The van der Waals surface area contributed by atoms with Crippen LogP contribution in [0.25, 0.3) is 0 Å². The van der Waals surface area contributed by atoms with Crippen molar-refractivity contribution in [2.24, 2.45) is 9.98 Å². The lowest BCUT2D eigenvalue weighted by Gasteiger charge is -2.06. The number of ether oxygens (including phenoxy) is 2. The predicted octanol–water partition coefficient (Wildman–Crippen LogP) is 4.88. The third-order valence-corrected chi connectivity index (χ3v) is 4.54. The summed E-state index contributed by atoms with van der Waals surface area (Å²) in [5, 5.41) is 0.421. The number of esters is 2. The summed E-state index contributed by atoms with van der Waals surface area (Å²) < 4.78 is 10.2. The molecule has 0 aliphatic rings. The molecule has 0 saturated carbocycles. The molecule has 1 heterocycles. The van der Waals surface area contributed by atoms with E-state index in [4.69, 9.17) is 9.47 Å². The van der Waals surface area contributed by atoms with Crippen LogP contribution in [0.5, 0.6) is 0 Å². The number of carbonyl (C=O) groups is 2. The number of nitrogens with zero attached hydrogens (tertiary/aromatic N) is 2. The number of thiophene rings is 1. The van der Waals surface area contributed by atoms with E-state index in [-0.39, 0.29) is 24.3 Å². The third kappa shape index (κ3) is 5.10. The van der Waals surface area contributed by atoms with Crippen molar-refractivity contribution in [2.75, 3.05) is 13.2 Å². The van der Waals surface area contributed by atoms with Crippen LogP contribution in [0.15, 0.2) is 34.3 Å². The molecule has 27 heavy (non-hydrogen) atoms. The fourth-order valence-electron chi connectivity index (χ4n) is 2.39. The molecule has 0 aliphatic carbocycles. The highest BCUT2D eigenvalue weighted by Crippen LogP contribution is 2.36. The van der Waals surface area contributed by atoms with Gasteiger partial charge in [-0.25, -0.2) is 14.6 Å². The Labute approximate surface area is 162 Å². The highest BCUT2D eigenvalue weighted by Gasteiger charge is 2.28. The van der Waals surface area contributed by atoms with Crippen molar-refractivity contribution in [1.29, 1.82) is 0 Å². The van der Waals surface area contributed by atoms with E-state index >= 15 is 0 Å². The van der Waals surface area contributed by atoms with Crippen molar-refractivity contribution >= 4 is 46.4 Å². The van der Waals surface area contributed by atoms with Crippen LogP contribution in [0.1, 0.15) is 51.9 Å². The Morgan fingerprint density at radius 3 is 2.15 bits per heavy atom. The number of aliphatic imine (C=N–C) groups is 2. The van der Waals surface area contributed by atoms with E-state index in [1.807, 2.05) is 31.2 Å². The van der Waals surface area contributed by atoms with E-state index in [1.54, 1.807) is 33.2 Å². The zero-order chi connectivity index (χ0) is 19.8. The molecular formula is C20H22N2O4S. The molecule has 6 nitrogen and oxygen atoms in total. The maximum atomic E-state index is 12.4. The molecule has 0 spiro atoms. The number of aryl methyl sites for hydroxylation is 1. The van der Waals surface area contributed by atoms with Crippen molar-refractivity contribution in [3.05, 3.63) is 45.8 Å². The number of rotatable bonds is 7. The second kappa shape index (κ2) is 9.78. The summed E-state index contributed by atoms with van der Waals surface area (Å²) in [4.78, 5) is 34.0. The average Bonchev–Trinajstić information content (AvgIpc) is 2.98. The first-order chi connectivity index (χ1) is 13.0. The van der Waals surface area contributed by atoms with Gasteiger partial charge in [-0.2, -0.15) is 0 Å². The van der Waals surface area contributed by atoms with Crippen molar-refractivity contribution < 1.29 is 19.1 Å². The normalized spacial score (nSPS) is 11.3. The number of hydrogen-bond acceptors (Lipinski definition) is 7. The van der Waals surface area contributed by atoms with Crippen molar-refractivity contribution in [2.45, 2.75) is 27.7 Å². The summed E-state index contributed by atoms with van der Waals surface area (Å²) in [6, 6.07) is 7.50. The highest BCUT2D eigenvalue weighted by atomic mass is 32.1. The fourth-order valence-corrected chi connectivity index (χ4v) is 3.36. The minimum Gasteiger partial charge on any atom is -0.462 e. The minimum atomic E-state index is -0.579. The van der Waals surface area contributed by atoms with E-state index in [9.17, 15) is 9.59 Å². The molecule has 0 bridgehead atoms. The molecule has 0 atom stereocenters. The number of hydrogen-bond donors (Lipinski definition) is 0. The van der Waals surface area contributed by atoms with Crippen molar-refractivity contribution in [3.8, 4) is 0 Å². The summed E-state index contributed by atoms with van der Waals surface area (Å²) in [5.74, 6) is -1.12. The monoisotopic (exact) mass is 386 g/mol. The van der Waals surface area contributed by atoms with Crippen LogP contribution in [-0.2, 0) is 9.47 Å². The predicted molar refractivity (Wildman–Crippen MR) is 108 cm³/mol. The molecule has 0 aliphatic heterocycles. The first-order valence-electron chi connectivity index (χ1n) is 8.62. The van der Waals surface area contributed by atoms with Gasteiger partial charge in [-0.1, -0.05) is 12.1 Å². The summed E-state index contributed by atoms with van der Waals surface area (Å²) in [6.45, 7) is 7.47. The average molecular weight is 386 g/mol. The Hall–Kier alpha value is -2.80. The van der Waals surface area contributed by atoms with Crippen LogP contribution in [0.4, 0.5) is 10.7 Å². The van der Waals surface area contributed by atoms with Crippen LogP contribution in [0.3, 0.4) is 0 Å². The van der Waals surface area contributed by atoms with Crippen LogP contribution in [-0.4, -0.2) is 37.6 Å². The molecule has 0 radical (unpaired) electrons. The molecule has 0 N–H and O–H groups in total. The first-order valence-corrected chi connectivity index (χ1v) is 9.43. The van der Waals surface area contributed by atoms with Gasteiger partial charge in [-0.05, 0) is 45.4 Å². The Kier molecular flexibility index (Phi) is 7.43. The standard InChI is InChI=1S/C20H22N2O4S/c1-5-21-15-10-8-14(9-11-15)12-22-18-17(20(24)26-7-3)16(13(4)27-18)19(23)25-6-2/h5,8-12H,6-7H2,1-4H3/b21-5+,22-12+.